The van der Waals surface area contributed by atoms with E-state index in [1.807, 2.05) is 0 Å². The van der Waals surface area contributed by atoms with Gasteiger partial charge in [-0.2, -0.15) is 8.78 Å². The van der Waals surface area contributed by atoms with Gasteiger partial charge in [0.05, 0.1) is 29.7 Å². The molecule has 1 aromatic carbocycles. The number of aryl methyl sites for hydroxylation is 1. The molecule has 5 nitrogen and oxygen atoms in total. The van der Waals surface area contributed by atoms with Crippen molar-refractivity contribution >= 4 is 17.5 Å². The molecule has 3 saturated heterocycles. The summed E-state index contributed by atoms with van der Waals surface area (Å²) >= 11 is 0. The molecule has 0 unspecified atom stereocenters. The molecule has 1 aromatic rings. The number of hydrogen-bond acceptors (Lipinski definition) is 4. The van der Waals surface area contributed by atoms with Gasteiger partial charge in [0.25, 0.3) is 0 Å². The highest BCUT2D eigenvalue weighted by atomic mass is 19.3. The zero-order chi connectivity index (χ0) is 16.3. The Morgan fingerprint density at radius 3 is 2.35 bits per heavy atom. The first-order valence-corrected chi connectivity index (χ1v) is 7.56. The molecule has 0 saturated carbocycles. The fraction of sp³-hybridized carbons (Fsp3) is 0.500. The number of carbonyl (C=O) groups is 2. The second-order valence-electron chi connectivity index (χ2n) is 6.20. The van der Waals surface area contributed by atoms with Crippen LogP contribution in [0.5, 0.6) is 5.75 Å². The lowest BCUT2D eigenvalue weighted by atomic mass is 9.81. The number of anilines is 1. The van der Waals surface area contributed by atoms with Gasteiger partial charge in [0.15, 0.2) is 0 Å². The van der Waals surface area contributed by atoms with E-state index in [9.17, 15) is 18.4 Å². The van der Waals surface area contributed by atoms with Crippen LogP contribution in [0.3, 0.4) is 0 Å². The molecule has 0 aromatic heterocycles. The topological polar surface area (TPSA) is 55.8 Å². The predicted octanol–water partition coefficient (Wildman–Crippen LogP) is 2.26. The molecule has 0 spiro atoms. The van der Waals surface area contributed by atoms with E-state index in [1.54, 1.807) is 13.0 Å². The van der Waals surface area contributed by atoms with Crippen LogP contribution in [0, 0.1) is 18.8 Å². The van der Waals surface area contributed by atoms with Crippen molar-refractivity contribution in [3.8, 4) is 5.75 Å². The summed E-state index contributed by atoms with van der Waals surface area (Å²) in [6.45, 7) is -1.27. The van der Waals surface area contributed by atoms with Gasteiger partial charge < -0.3 is 9.47 Å². The summed E-state index contributed by atoms with van der Waals surface area (Å²) in [7, 11) is 0. The number of benzene rings is 1. The van der Waals surface area contributed by atoms with Crippen molar-refractivity contribution in [1.29, 1.82) is 0 Å². The lowest BCUT2D eigenvalue weighted by molar-refractivity contribution is -0.125. The Balaban J connectivity index is 1.75. The molecule has 3 fully saturated rings. The molecule has 3 heterocycles. The molecular formula is C16H15F2NO4. The summed E-state index contributed by atoms with van der Waals surface area (Å²) in [4.78, 5) is 26.4. The van der Waals surface area contributed by atoms with Gasteiger partial charge in [0.2, 0.25) is 11.8 Å². The van der Waals surface area contributed by atoms with Crippen LogP contribution >= 0.6 is 0 Å². The van der Waals surface area contributed by atoms with E-state index in [1.165, 1.54) is 12.1 Å². The minimum atomic E-state index is -3.02. The average molecular weight is 323 g/mol. The zero-order valence-electron chi connectivity index (χ0n) is 12.4. The van der Waals surface area contributed by atoms with Gasteiger partial charge >= 0.3 is 6.61 Å². The Bertz CT molecular complexity index is 665. The first kappa shape index (κ1) is 14.6. The smallest absolute Gasteiger partial charge is 0.387 e. The van der Waals surface area contributed by atoms with Gasteiger partial charge in [-0.15, -0.1) is 0 Å². The number of rotatable bonds is 3. The van der Waals surface area contributed by atoms with Gasteiger partial charge in [-0.05, 0) is 37.5 Å². The van der Waals surface area contributed by atoms with Crippen molar-refractivity contribution < 1.29 is 27.8 Å². The molecule has 3 aliphatic rings. The lowest BCUT2D eigenvalue weighted by Crippen LogP contribution is -2.34. The molecule has 4 rings (SSSR count). The number of hydrogen-bond donors (Lipinski definition) is 0. The van der Waals surface area contributed by atoms with Crippen molar-refractivity contribution in [2.45, 2.75) is 38.6 Å². The van der Waals surface area contributed by atoms with Gasteiger partial charge in [-0.1, -0.05) is 6.07 Å². The number of carbonyl (C=O) groups excluding carboxylic acids is 2. The maximum atomic E-state index is 12.7. The SMILES string of the molecule is Cc1ccc(OC(F)F)c(N2C(=O)[C@@H]3[C@@H](C2=O)[C@H]2CC[C@H]3O2)c1. The average Bonchev–Trinajstić information content (AvgIpc) is 3.15. The van der Waals surface area contributed by atoms with Crippen LogP contribution in [-0.4, -0.2) is 30.6 Å². The Kier molecular flexibility index (Phi) is 3.16. The molecule has 122 valence electrons. The lowest BCUT2D eigenvalue weighted by Gasteiger charge is -2.21. The van der Waals surface area contributed by atoms with Gasteiger partial charge in [0.1, 0.15) is 5.75 Å². The van der Waals surface area contributed by atoms with Crippen LogP contribution < -0.4 is 9.64 Å². The van der Waals surface area contributed by atoms with Gasteiger partial charge in [-0.3, -0.25) is 9.59 Å². The summed E-state index contributed by atoms with van der Waals surface area (Å²) in [6, 6.07) is 4.48. The van der Waals surface area contributed by atoms with Crippen molar-refractivity contribution in [1.82, 2.24) is 0 Å². The first-order chi connectivity index (χ1) is 11.0. The molecular weight excluding hydrogens is 308 g/mol. The van der Waals surface area contributed by atoms with Crippen LogP contribution in [0.1, 0.15) is 18.4 Å². The molecule has 23 heavy (non-hydrogen) atoms. The Hall–Kier alpha value is -2.02. The summed E-state index contributed by atoms with van der Waals surface area (Å²) < 4.78 is 35.4. The number of fused-ring (bicyclic) bond motifs is 5. The van der Waals surface area contributed by atoms with E-state index < -0.39 is 18.4 Å². The van der Waals surface area contributed by atoms with Gasteiger partial charge in [0, 0.05) is 0 Å². The Labute approximate surface area is 131 Å². The largest absolute Gasteiger partial charge is 0.433 e. The predicted molar refractivity (Wildman–Crippen MR) is 75.2 cm³/mol. The number of imide groups is 1. The number of amides is 2. The van der Waals surface area contributed by atoms with Crippen molar-refractivity contribution in [2.24, 2.45) is 11.8 Å². The van der Waals surface area contributed by atoms with E-state index in [4.69, 9.17) is 4.74 Å². The van der Waals surface area contributed by atoms with Crippen LogP contribution in [0.4, 0.5) is 14.5 Å². The molecule has 2 amide bonds. The third-order valence-corrected chi connectivity index (χ3v) is 4.86. The quantitative estimate of drug-likeness (QED) is 0.801. The fourth-order valence-corrected chi connectivity index (χ4v) is 3.95. The maximum Gasteiger partial charge on any atom is 0.387 e. The summed E-state index contributed by atoms with van der Waals surface area (Å²) in [6.07, 6.45) is 1.03. The number of ether oxygens (including phenoxy) is 2. The minimum Gasteiger partial charge on any atom is -0.433 e. The maximum absolute atomic E-state index is 12.7. The molecule has 0 N–H and O–H groups in total. The molecule has 2 bridgehead atoms. The monoisotopic (exact) mass is 323 g/mol. The van der Waals surface area contributed by atoms with Crippen LogP contribution in [0.2, 0.25) is 0 Å². The highest BCUT2D eigenvalue weighted by Crippen LogP contribution is 2.50. The summed E-state index contributed by atoms with van der Waals surface area (Å²) in [5, 5.41) is 0. The zero-order valence-corrected chi connectivity index (χ0v) is 12.4. The van der Waals surface area contributed by atoms with Crippen LogP contribution in [0.25, 0.3) is 0 Å². The summed E-state index contributed by atoms with van der Waals surface area (Å²) in [5.41, 5.74) is 0.840. The number of alkyl halides is 2. The highest BCUT2D eigenvalue weighted by Gasteiger charge is 2.62. The van der Waals surface area contributed by atoms with Crippen molar-refractivity contribution in [2.75, 3.05) is 4.90 Å². The molecule has 7 heteroatoms. The second-order valence-corrected chi connectivity index (χ2v) is 6.20. The normalized spacial score (nSPS) is 32.1. The van der Waals surface area contributed by atoms with Gasteiger partial charge in [-0.25, -0.2) is 4.90 Å². The van der Waals surface area contributed by atoms with Crippen molar-refractivity contribution in [3.05, 3.63) is 23.8 Å². The number of halogens is 2. The standard InChI is InChI=1S/C16H15F2NO4/c1-7-2-3-9(23-16(17)18)8(6-7)19-14(20)12-10-4-5-11(22-10)13(12)15(19)21/h2-3,6,10-13,16H,4-5H2,1H3/t10-,11-,12+,13+/m1/s1. The minimum absolute atomic E-state index is 0.0918. The third kappa shape index (κ3) is 2.06. The van der Waals surface area contributed by atoms with E-state index >= 15 is 0 Å². The van der Waals surface area contributed by atoms with E-state index in [-0.39, 0.29) is 35.5 Å². The molecule has 0 aliphatic carbocycles. The van der Waals surface area contributed by atoms with Crippen molar-refractivity contribution in [3.63, 3.8) is 0 Å². The van der Waals surface area contributed by atoms with E-state index in [2.05, 4.69) is 4.74 Å². The Morgan fingerprint density at radius 1 is 1.17 bits per heavy atom. The fourth-order valence-electron chi connectivity index (χ4n) is 3.95. The molecule has 0 radical (unpaired) electrons. The van der Waals surface area contributed by atoms with E-state index in [0.717, 1.165) is 23.3 Å². The molecule has 3 aliphatic heterocycles. The number of nitrogens with zero attached hydrogens (tertiary/aromatic N) is 1. The molecule has 4 atom stereocenters. The van der Waals surface area contributed by atoms with Crippen LogP contribution in [-0.2, 0) is 14.3 Å². The third-order valence-electron chi connectivity index (χ3n) is 4.86. The highest BCUT2D eigenvalue weighted by molar-refractivity contribution is 6.23. The Morgan fingerprint density at radius 2 is 1.78 bits per heavy atom. The summed E-state index contributed by atoms with van der Waals surface area (Å²) in [5.74, 6) is -1.92. The second kappa shape index (κ2) is 4.99. The van der Waals surface area contributed by atoms with Crippen LogP contribution in [0.15, 0.2) is 18.2 Å². The first-order valence-electron chi connectivity index (χ1n) is 7.56. The van der Waals surface area contributed by atoms with E-state index in [0.29, 0.717) is 0 Å².